The average molecular weight is 448 g/mol. The third kappa shape index (κ3) is 5.84. The van der Waals surface area contributed by atoms with Crippen LogP contribution in [0, 0.1) is 13.8 Å². The summed E-state index contributed by atoms with van der Waals surface area (Å²) in [6, 6.07) is 7.65. The third-order valence-corrected chi connectivity index (χ3v) is 5.90. The lowest BCUT2D eigenvalue weighted by Gasteiger charge is -2.34. The molecular weight excluding hydrogens is 418 g/mol. The second kappa shape index (κ2) is 10.7. The molecule has 1 fully saturated rings. The first-order chi connectivity index (χ1) is 14.9. The Morgan fingerprint density at radius 2 is 1.87 bits per heavy atom. The standard InChI is InChI=1S/C22H30ClN5O3/c1-16-21(17(2)28(25-16)14-18-6-4-5-7-19(18)23)22(30)27-11-9-26(10-12-27)15-20(29)24-8-13-31-3/h4-7H,8-15H2,1-3H3,(H,24,29). The lowest BCUT2D eigenvalue weighted by Crippen LogP contribution is -2.51. The third-order valence-electron chi connectivity index (χ3n) is 5.53. The number of nitrogens with one attached hydrogen (secondary N) is 1. The van der Waals surface area contributed by atoms with Crippen LogP contribution >= 0.6 is 11.6 Å². The first kappa shape index (κ1) is 23.2. The van der Waals surface area contributed by atoms with E-state index in [-0.39, 0.29) is 11.8 Å². The number of nitrogens with zero attached hydrogens (tertiary/aromatic N) is 4. The molecule has 1 aromatic carbocycles. The van der Waals surface area contributed by atoms with Gasteiger partial charge in [0.05, 0.1) is 31.0 Å². The van der Waals surface area contributed by atoms with Crippen molar-refractivity contribution in [3.05, 3.63) is 51.8 Å². The van der Waals surface area contributed by atoms with Crippen LogP contribution in [-0.4, -0.2) is 84.4 Å². The summed E-state index contributed by atoms with van der Waals surface area (Å²) < 4.78 is 6.78. The second-order valence-corrected chi connectivity index (χ2v) is 8.11. The summed E-state index contributed by atoms with van der Waals surface area (Å²) in [5.74, 6) is -0.0334. The topological polar surface area (TPSA) is 79.7 Å². The highest BCUT2D eigenvalue weighted by atomic mass is 35.5. The van der Waals surface area contributed by atoms with Gasteiger partial charge in [0.15, 0.2) is 0 Å². The number of piperazine rings is 1. The Labute approximate surface area is 188 Å². The molecule has 2 heterocycles. The van der Waals surface area contributed by atoms with Crippen molar-refractivity contribution in [3.63, 3.8) is 0 Å². The van der Waals surface area contributed by atoms with Gasteiger partial charge in [-0.1, -0.05) is 29.8 Å². The van der Waals surface area contributed by atoms with Crippen LogP contribution in [-0.2, 0) is 16.1 Å². The van der Waals surface area contributed by atoms with Crippen molar-refractivity contribution in [1.82, 2.24) is 24.9 Å². The fourth-order valence-corrected chi connectivity index (χ4v) is 3.96. The van der Waals surface area contributed by atoms with Crippen LogP contribution < -0.4 is 5.32 Å². The Balaban J connectivity index is 1.59. The van der Waals surface area contributed by atoms with Gasteiger partial charge in [0.1, 0.15) is 0 Å². The molecule has 9 heteroatoms. The SMILES string of the molecule is COCCNC(=O)CN1CCN(C(=O)c2c(C)nn(Cc3ccccc3Cl)c2C)CC1. The highest BCUT2D eigenvalue weighted by molar-refractivity contribution is 6.31. The largest absolute Gasteiger partial charge is 0.383 e. The molecule has 31 heavy (non-hydrogen) atoms. The van der Waals surface area contributed by atoms with Gasteiger partial charge in [-0.15, -0.1) is 0 Å². The van der Waals surface area contributed by atoms with Gasteiger partial charge in [0.2, 0.25) is 5.91 Å². The zero-order valence-corrected chi connectivity index (χ0v) is 19.1. The molecule has 0 radical (unpaired) electrons. The van der Waals surface area contributed by atoms with Gasteiger partial charge < -0.3 is 15.0 Å². The van der Waals surface area contributed by atoms with Crippen LogP contribution in [0.2, 0.25) is 5.02 Å². The zero-order valence-electron chi connectivity index (χ0n) is 18.4. The van der Waals surface area contributed by atoms with Crippen LogP contribution in [0.25, 0.3) is 0 Å². The van der Waals surface area contributed by atoms with Crippen molar-refractivity contribution in [3.8, 4) is 0 Å². The predicted octanol–water partition coefficient (Wildman–Crippen LogP) is 1.72. The number of methoxy groups -OCH3 is 1. The molecule has 0 saturated carbocycles. The van der Waals surface area contributed by atoms with Gasteiger partial charge in [-0.25, -0.2) is 0 Å². The summed E-state index contributed by atoms with van der Waals surface area (Å²) in [7, 11) is 1.60. The fraction of sp³-hybridized carbons (Fsp3) is 0.500. The Kier molecular flexibility index (Phi) is 8.06. The van der Waals surface area contributed by atoms with Crippen molar-refractivity contribution < 1.29 is 14.3 Å². The molecule has 168 valence electrons. The maximum atomic E-state index is 13.2. The predicted molar refractivity (Wildman–Crippen MR) is 119 cm³/mol. The van der Waals surface area contributed by atoms with Crippen LogP contribution in [0.3, 0.4) is 0 Å². The molecule has 8 nitrogen and oxygen atoms in total. The van der Waals surface area contributed by atoms with Crippen molar-refractivity contribution in [2.75, 3.05) is 53.0 Å². The number of amides is 2. The molecule has 0 atom stereocenters. The molecular formula is C22H30ClN5O3. The van der Waals surface area contributed by atoms with Crippen LogP contribution in [0.4, 0.5) is 0 Å². The number of benzene rings is 1. The first-order valence-corrected chi connectivity index (χ1v) is 10.8. The van der Waals surface area contributed by atoms with Crippen molar-refractivity contribution in [2.45, 2.75) is 20.4 Å². The van der Waals surface area contributed by atoms with E-state index in [0.29, 0.717) is 63.0 Å². The molecule has 2 amide bonds. The molecule has 0 aliphatic carbocycles. The highest BCUT2D eigenvalue weighted by Crippen LogP contribution is 2.21. The van der Waals surface area contributed by atoms with Gasteiger partial charge in [0.25, 0.3) is 5.91 Å². The normalized spacial score (nSPS) is 14.6. The summed E-state index contributed by atoms with van der Waals surface area (Å²) in [5, 5.41) is 8.10. The van der Waals surface area contributed by atoms with Crippen LogP contribution in [0.15, 0.2) is 24.3 Å². The lowest BCUT2D eigenvalue weighted by molar-refractivity contribution is -0.122. The van der Waals surface area contributed by atoms with E-state index < -0.39 is 0 Å². The molecule has 1 aliphatic rings. The molecule has 1 aromatic heterocycles. The molecule has 3 rings (SSSR count). The van der Waals surface area contributed by atoms with E-state index in [2.05, 4.69) is 15.3 Å². The number of carbonyl (C=O) groups excluding carboxylic acids is 2. The van der Waals surface area contributed by atoms with E-state index in [0.717, 1.165) is 17.0 Å². The summed E-state index contributed by atoms with van der Waals surface area (Å²) >= 11 is 6.29. The Morgan fingerprint density at radius 1 is 1.16 bits per heavy atom. The molecule has 1 saturated heterocycles. The minimum Gasteiger partial charge on any atom is -0.383 e. The van der Waals surface area contributed by atoms with Crippen LogP contribution in [0.5, 0.6) is 0 Å². The van der Waals surface area contributed by atoms with E-state index in [1.807, 2.05) is 47.7 Å². The molecule has 0 bridgehead atoms. The molecule has 0 spiro atoms. The smallest absolute Gasteiger partial charge is 0.257 e. The molecule has 0 unspecified atom stereocenters. The molecule has 2 aromatic rings. The van der Waals surface area contributed by atoms with Gasteiger partial charge >= 0.3 is 0 Å². The first-order valence-electron chi connectivity index (χ1n) is 10.5. The van der Waals surface area contributed by atoms with E-state index in [1.54, 1.807) is 7.11 Å². The van der Waals surface area contributed by atoms with Gasteiger partial charge in [-0.05, 0) is 25.5 Å². The maximum Gasteiger partial charge on any atom is 0.257 e. The van der Waals surface area contributed by atoms with E-state index in [9.17, 15) is 9.59 Å². The Hall–Kier alpha value is -2.42. The van der Waals surface area contributed by atoms with E-state index in [1.165, 1.54) is 0 Å². The lowest BCUT2D eigenvalue weighted by atomic mass is 10.1. The maximum absolute atomic E-state index is 13.2. The summed E-state index contributed by atoms with van der Waals surface area (Å²) in [6.45, 7) is 8.13. The number of hydrogen-bond donors (Lipinski definition) is 1. The molecule has 1 N–H and O–H groups in total. The number of aryl methyl sites for hydroxylation is 1. The van der Waals surface area contributed by atoms with Gasteiger partial charge in [-0.3, -0.25) is 19.2 Å². The molecule has 1 aliphatic heterocycles. The number of aromatic nitrogens is 2. The second-order valence-electron chi connectivity index (χ2n) is 7.71. The van der Waals surface area contributed by atoms with Crippen molar-refractivity contribution in [1.29, 1.82) is 0 Å². The van der Waals surface area contributed by atoms with E-state index >= 15 is 0 Å². The zero-order chi connectivity index (χ0) is 22.4. The monoisotopic (exact) mass is 447 g/mol. The number of halogens is 1. The van der Waals surface area contributed by atoms with E-state index in [4.69, 9.17) is 16.3 Å². The van der Waals surface area contributed by atoms with Crippen LogP contribution in [0.1, 0.15) is 27.3 Å². The quantitative estimate of drug-likeness (QED) is 0.623. The number of ether oxygens (including phenoxy) is 1. The summed E-state index contributed by atoms with van der Waals surface area (Å²) in [6.07, 6.45) is 0. The summed E-state index contributed by atoms with van der Waals surface area (Å²) in [4.78, 5) is 29.1. The Morgan fingerprint density at radius 3 is 2.55 bits per heavy atom. The number of rotatable bonds is 8. The fourth-order valence-electron chi connectivity index (χ4n) is 3.77. The number of carbonyl (C=O) groups is 2. The summed E-state index contributed by atoms with van der Waals surface area (Å²) in [5.41, 5.74) is 3.17. The van der Waals surface area contributed by atoms with Gasteiger partial charge in [0, 0.05) is 50.6 Å². The number of hydrogen-bond acceptors (Lipinski definition) is 5. The average Bonchev–Trinajstić information content (AvgIpc) is 3.03. The Bertz CT molecular complexity index is 922. The van der Waals surface area contributed by atoms with Gasteiger partial charge in [-0.2, -0.15) is 5.10 Å². The van der Waals surface area contributed by atoms with Crippen molar-refractivity contribution >= 4 is 23.4 Å². The minimum absolute atomic E-state index is 0.00963. The highest BCUT2D eigenvalue weighted by Gasteiger charge is 2.27. The minimum atomic E-state index is -0.0237. The van der Waals surface area contributed by atoms with Crippen molar-refractivity contribution in [2.24, 2.45) is 0 Å².